The standard InChI is InChI=1S/C12H16N2O2S/c1-10-9-11(5-6-12(10)14)17(15,16)8-4-2-3-7-13/h5-6,9H,2-4,8,14H2,1H3. The van der Waals surface area contributed by atoms with Crippen molar-refractivity contribution in [2.45, 2.75) is 31.1 Å². The smallest absolute Gasteiger partial charge is 0.178 e. The predicted octanol–water partition coefficient (Wildman–Crippen LogP) is 2.04. The fraction of sp³-hybridized carbons (Fsp3) is 0.417. The Labute approximate surface area is 102 Å². The summed E-state index contributed by atoms with van der Waals surface area (Å²) in [7, 11) is -3.24. The largest absolute Gasteiger partial charge is 0.399 e. The molecule has 0 aliphatic carbocycles. The summed E-state index contributed by atoms with van der Waals surface area (Å²) in [5.41, 5.74) is 7.00. The molecular formula is C12H16N2O2S. The summed E-state index contributed by atoms with van der Waals surface area (Å²) in [6.45, 7) is 1.78. The number of rotatable bonds is 5. The van der Waals surface area contributed by atoms with Crippen molar-refractivity contribution in [2.24, 2.45) is 0 Å². The average molecular weight is 252 g/mol. The zero-order valence-electron chi connectivity index (χ0n) is 9.81. The van der Waals surface area contributed by atoms with Crippen molar-refractivity contribution in [3.05, 3.63) is 23.8 Å². The van der Waals surface area contributed by atoms with Gasteiger partial charge in [0.15, 0.2) is 9.84 Å². The molecule has 92 valence electrons. The lowest BCUT2D eigenvalue weighted by Crippen LogP contribution is -2.07. The van der Waals surface area contributed by atoms with Crippen molar-refractivity contribution in [3.63, 3.8) is 0 Å². The molecule has 2 N–H and O–H groups in total. The number of hydrogen-bond donors (Lipinski definition) is 1. The molecule has 17 heavy (non-hydrogen) atoms. The van der Waals surface area contributed by atoms with Crippen LogP contribution >= 0.6 is 0 Å². The summed E-state index contributed by atoms with van der Waals surface area (Å²) in [4.78, 5) is 0.307. The van der Waals surface area contributed by atoms with Crippen LogP contribution in [0.5, 0.6) is 0 Å². The van der Waals surface area contributed by atoms with E-state index in [1.807, 2.05) is 6.07 Å². The van der Waals surface area contributed by atoms with E-state index in [4.69, 9.17) is 11.0 Å². The molecule has 0 amide bonds. The second kappa shape index (κ2) is 5.69. The van der Waals surface area contributed by atoms with Crippen molar-refractivity contribution in [2.75, 3.05) is 11.5 Å². The number of benzene rings is 1. The number of unbranched alkanes of at least 4 members (excludes halogenated alkanes) is 2. The summed E-state index contributed by atoms with van der Waals surface area (Å²) < 4.78 is 23.9. The van der Waals surface area contributed by atoms with Crippen LogP contribution in [0.3, 0.4) is 0 Å². The predicted molar refractivity (Wildman–Crippen MR) is 67.1 cm³/mol. The van der Waals surface area contributed by atoms with Gasteiger partial charge < -0.3 is 5.73 Å². The number of anilines is 1. The molecule has 5 heteroatoms. The van der Waals surface area contributed by atoms with Crippen LogP contribution < -0.4 is 5.73 Å². The molecule has 0 atom stereocenters. The fourth-order valence-corrected chi connectivity index (χ4v) is 2.91. The highest BCUT2D eigenvalue weighted by atomic mass is 32.2. The van der Waals surface area contributed by atoms with Gasteiger partial charge in [-0.3, -0.25) is 0 Å². The molecule has 0 fully saturated rings. The molecule has 0 unspecified atom stereocenters. The molecule has 0 saturated carbocycles. The summed E-state index contributed by atoms with van der Waals surface area (Å²) >= 11 is 0. The first-order valence-electron chi connectivity index (χ1n) is 5.43. The molecule has 0 radical (unpaired) electrons. The van der Waals surface area contributed by atoms with Crippen molar-refractivity contribution >= 4 is 15.5 Å². The van der Waals surface area contributed by atoms with E-state index in [1.54, 1.807) is 19.1 Å². The molecule has 1 aromatic rings. The Morgan fingerprint density at radius 1 is 1.35 bits per heavy atom. The summed E-state index contributed by atoms with van der Waals surface area (Å²) in [6.07, 6.45) is 1.53. The first-order chi connectivity index (χ1) is 7.97. The van der Waals surface area contributed by atoms with Gasteiger partial charge in [0.1, 0.15) is 0 Å². The van der Waals surface area contributed by atoms with Gasteiger partial charge in [0, 0.05) is 12.1 Å². The zero-order valence-corrected chi connectivity index (χ0v) is 10.6. The fourth-order valence-electron chi connectivity index (χ4n) is 1.46. The lowest BCUT2D eigenvalue weighted by atomic mass is 10.2. The van der Waals surface area contributed by atoms with E-state index in [0.29, 0.717) is 29.8 Å². The van der Waals surface area contributed by atoms with Crippen molar-refractivity contribution in [3.8, 4) is 6.07 Å². The van der Waals surface area contributed by atoms with Crippen LogP contribution in [0, 0.1) is 18.3 Å². The summed E-state index contributed by atoms with van der Waals surface area (Å²) in [5, 5.41) is 8.37. The lowest BCUT2D eigenvalue weighted by molar-refractivity contribution is 0.592. The Morgan fingerprint density at radius 3 is 2.65 bits per heavy atom. The maximum absolute atomic E-state index is 11.9. The van der Waals surface area contributed by atoms with Crippen molar-refractivity contribution in [1.29, 1.82) is 5.26 Å². The highest BCUT2D eigenvalue weighted by Crippen LogP contribution is 2.18. The molecule has 1 rings (SSSR count). The van der Waals surface area contributed by atoms with Crippen LogP contribution in [-0.2, 0) is 9.84 Å². The molecule has 4 nitrogen and oxygen atoms in total. The SMILES string of the molecule is Cc1cc(S(=O)(=O)CCCCC#N)ccc1N. The minimum atomic E-state index is -3.24. The Morgan fingerprint density at radius 2 is 2.06 bits per heavy atom. The van der Waals surface area contributed by atoms with E-state index < -0.39 is 9.84 Å². The van der Waals surface area contributed by atoms with Crippen LogP contribution in [0.15, 0.2) is 23.1 Å². The van der Waals surface area contributed by atoms with Gasteiger partial charge in [-0.1, -0.05) is 0 Å². The Hall–Kier alpha value is -1.54. The molecule has 0 aromatic heterocycles. The third-order valence-electron chi connectivity index (χ3n) is 2.55. The van der Waals surface area contributed by atoms with Gasteiger partial charge in [-0.2, -0.15) is 5.26 Å². The number of aryl methyl sites for hydroxylation is 1. The lowest BCUT2D eigenvalue weighted by Gasteiger charge is -2.06. The third kappa shape index (κ3) is 3.75. The number of nitriles is 1. The monoisotopic (exact) mass is 252 g/mol. The van der Waals surface area contributed by atoms with Gasteiger partial charge >= 0.3 is 0 Å². The normalized spacial score (nSPS) is 11.1. The summed E-state index contributed by atoms with van der Waals surface area (Å²) in [6, 6.07) is 6.73. The average Bonchev–Trinajstić information content (AvgIpc) is 2.28. The van der Waals surface area contributed by atoms with E-state index in [-0.39, 0.29) is 5.75 Å². The second-order valence-corrected chi connectivity index (χ2v) is 6.06. The number of hydrogen-bond acceptors (Lipinski definition) is 4. The first-order valence-corrected chi connectivity index (χ1v) is 7.08. The quantitative estimate of drug-likeness (QED) is 0.642. The number of nitrogens with two attached hydrogens (primary N) is 1. The second-order valence-electron chi connectivity index (χ2n) is 3.95. The third-order valence-corrected chi connectivity index (χ3v) is 4.35. The Balaban J connectivity index is 2.76. The highest BCUT2D eigenvalue weighted by Gasteiger charge is 2.14. The minimum Gasteiger partial charge on any atom is -0.399 e. The van der Waals surface area contributed by atoms with Crippen LogP contribution in [-0.4, -0.2) is 14.2 Å². The van der Waals surface area contributed by atoms with Gasteiger partial charge in [0.05, 0.1) is 16.7 Å². The molecule has 0 saturated heterocycles. The van der Waals surface area contributed by atoms with Crippen LogP contribution in [0.1, 0.15) is 24.8 Å². The molecule has 0 heterocycles. The first kappa shape index (κ1) is 13.5. The van der Waals surface area contributed by atoms with E-state index in [2.05, 4.69) is 0 Å². The number of nitrogen functional groups attached to an aromatic ring is 1. The molecule has 1 aromatic carbocycles. The highest BCUT2D eigenvalue weighted by molar-refractivity contribution is 7.91. The Bertz CT molecular complexity index is 530. The number of sulfone groups is 1. The van der Waals surface area contributed by atoms with E-state index >= 15 is 0 Å². The van der Waals surface area contributed by atoms with Gasteiger partial charge in [-0.15, -0.1) is 0 Å². The maximum Gasteiger partial charge on any atom is 0.178 e. The zero-order chi connectivity index (χ0) is 12.9. The van der Waals surface area contributed by atoms with Crippen LogP contribution in [0.4, 0.5) is 5.69 Å². The van der Waals surface area contributed by atoms with Crippen LogP contribution in [0.25, 0.3) is 0 Å². The molecule has 0 aliphatic heterocycles. The maximum atomic E-state index is 11.9. The van der Waals surface area contributed by atoms with Gasteiger partial charge in [-0.05, 0) is 43.5 Å². The van der Waals surface area contributed by atoms with Crippen molar-refractivity contribution < 1.29 is 8.42 Å². The van der Waals surface area contributed by atoms with Gasteiger partial charge in [0.25, 0.3) is 0 Å². The minimum absolute atomic E-state index is 0.0814. The molecule has 0 bridgehead atoms. The van der Waals surface area contributed by atoms with E-state index in [9.17, 15) is 8.42 Å². The van der Waals surface area contributed by atoms with E-state index in [0.717, 1.165) is 5.56 Å². The van der Waals surface area contributed by atoms with Gasteiger partial charge in [-0.25, -0.2) is 8.42 Å². The van der Waals surface area contributed by atoms with Gasteiger partial charge in [0.2, 0.25) is 0 Å². The topological polar surface area (TPSA) is 84.0 Å². The van der Waals surface area contributed by atoms with Crippen molar-refractivity contribution in [1.82, 2.24) is 0 Å². The summed E-state index contributed by atoms with van der Waals surface area (Å²) in [5.74, 6) is 0.0814. The molecular weight excluding hydrogens is 236 g/mol. The number of nitrogens with zero attached hydrogens (tertiary/aromatic N) is 1. The molecule has 0 spiro atoms. The Kier molecular flexibility index (Phi) is 4.53. The molecule has 0 aliphatic rings. The van der Waals surface area contributed by atoms with E-state index in [1.165, 1.54) is 6.07 Å². The van der Waals surface area contributed by atoms with Crippen LogP contribution in [0.2, 0.25) is 0 Å².